The van der Waals surface area contributed by atoms with E-state index in [-0.39, 0.29) is 0 Å². The van der Waals surface area contributed by atoms with Gasteiger partial charge < -0.3 is 15.1 Å². The van der Waals surface area contributed by atoms with E-state index >= 15 is 0 Å². The van der Waals surface area contributed by atoms with Gasteiger partial charge in [0, 0.05) is 17.5 Å². The van der Waals surface area contributed by atoms with Crippen LogP contribution in [0.1, 0.15) is 18.4 Å². The fourth-order valence-corrected chi connectivity index (χ4v) is 2.67. The predicted octanol–water partition coefficient (Wildman–Crippen LogP) is 2.52. The lowest BCUT2D eigenvalue weighted by Gasteiger charge is -2.22. The van der Waals surface area contributed by atoms with Crippen molar-refractivity contribution in [2.45, 2.75) is 19.4 Å². The fourth-order valence-electron chi connectivity index (χ4n) is 2.67. The van der Waals surface area contributed by atoms with Gasteiger partial charge in [0.15, 0.2) is 0 Å². The van der Waals surface area contributed by atoms with E-state index in [1.54, 1.807) is 0 Å². The zero-order valence-electron chi connectivity index (χ0n) is 10.6. The number of hydrogen-bond acceptors (Lipinski definition) is 3. The number of benzene rings is 1. The van der Waals surface area contributed by atoms with Gasteiger partial charge in [-0.3, -0.25) is 0 Å². The van der Waals surface area contributed by atoms with Crippen LogP contribution in [0.3, 0.4) is 0 Å². The maximum absolute atomic E-state index is 5.54. The van der Waals surface area contributed by atoms with Gasteiger partial charge >= 0.3 is 0 Å². The van der Waals surface area contributed by atoms with E-state index in [1.807, 2.05) is 18.4 Å². The number of para-hydroxylation sites is 1. The Morgan fingerprint density at radius 1 is 1.22 bits per heavy atom. The molecule has 1 saturated heterocycles. The largest absolute Gasteiger partial charge is 0.464 e. The summed E-state index contributed by atoms with van der Waals surface area (Å²) in [5, 5.41) is 8.19. The van der Waals surface area contributed by atoms with Crippen molar-refractivity contribution in [3.63, 3.8) is 0 Å². The van der Waals surface area contributed by atoms with Crippen molar-refractivity contribution in [2.24, 2.45) is 5.92 Å². The van der Waals surface area contributed by atoms with Gasteiger partial charge in [-0.25, -0.2) is 0 Å². The Balaban J connectivity index is 1.56. The molecule has 1 aromatic carbocycles. The summed E-state index contributed by atoms with van der Waals surface area (Å²) in [7, 11) is 0. The highest BCUT2D eigenvalue weighted by Crippen LogP contribution is 2.20. The van der Waals surface area contributed by atoms with Gasteiger partial charge in [-0.1, -0.05) is 18.2 Å². The molecule has 1 aliphatic heterocycles. The zero-order valence-corrected chi connectivity index (χ0v) is 10.6. The summed E-state index contributed by atoms with van der Waals surface area (Å²) in [5.74, 6) is 0.824. The third-order valence-corrected chi connectivity index (χ3v) is 3.77. The van der Waals surface area contributed by atoms with Crippen molar-refractivity contribution in [3.05, 3.63) is 36.1 Å². The van der Waals surface area contributed by atoms with E-state index in [4.69, 9.17) is 4.42 Å². The van der Waals surface area contributed by atoms with Gasteiger partial charge in [0.05, 0.1) is 6.26 Å². The highest BCUT2D eigenvalue weighted by molar-refractivity contribution is 5.80. The van der Waals surface area contributed by atoms with Gasteiger partial charge in [0.1, 0.15) is 5.58 Å². The molecular formula is C15H20N2O. The topological polar surface area (TPSA) is 37.2 Å². The average Bonchev–Trinajstić information content (AvgIpc) is 2.84. The van der Waals surface area contributed by atoms with Crippen LogP contribution in [0.15, 0.2) is 34.9 Å². The van der Waals surface area contributed by atoms with Crippen molar-refractivity contribution in [1.82, 2.24) is 10.6 Å². The van der Waals surface area contributed by atoms with Crippen LogP contribution in [0.4, 0.5) is 0 Å². The van der Waals surface area contributed by atoms with Crippen LogP contribution < -0.4 is 10.6 Å². The second-order valence-electron chi connectivity index (χ2n) is 5.08. The molecule has 1 aliphatic rings. The van der Waals surface area contributed by atoms with E-state index in [2.05, 4.69) is 22.8 Å². The summed E-state index contributed by atoms with van der Waals surface area (Å²) in [6.45, 7) is 4.35. The van der Waals surface area contributed by atoms with Crippen molar-refractivity contribution in [2.75, 3.05) is 19.6 Å². The minimum Gasteiger partial charge on any atom is -0.464 e. The first-order chi connectivity index (χ1) is 8.93. The summed E-state index contributed by atoms with van der Waals surface area (Å²) < 4.78 is 5.54. The summed E-state index contributed by atoms with van der Waals surface area (Å²) in [6, 6.07) is 8.22. The summed E-state index contributed by atoms with van der Waals surface area (Å²) in [6.07, 6.45) is 4.46. The van der Waals surface area contributed by atoms with E-state index in [9.17, 15) is 0 Å². The molecule has 3 rings (SSSR count). The van der Waals surface area contributed by atoms with E-state index < -0.39 is 0 Å². The van der Waals surface area contributed by atoms with Crippen molar-refractivity contribution in [3.8, 4) is 0 Å². The number of furan rings is 1. The molecule has 0 atom stereocenters. The molecule has 0 bridgehead atoms. The van der Waals surface area contributed by atoms with Crippen LogP contribution in [0.25, 0.3) is 11.0 Å². The Kier molecular flexibility index (Phi) is 3.62. The molecular weight excluding hydrogens is 224 g/mol. The first-order valence-corrected chi connectivity index (χ1v) is 6.80. The van der Waals surface area contributed by atoms with Crippen LogP contribution in [-0.2, 0) is 6.54 Å². The molecule has 96 valence electrons. The molecule has 0 unspecified atom stereocenters. The van der Waals surface area contributed by atoms with E-state index in [0.29, 0.717) is 0 Å². The SMILES string of the molecule is c1ccc2c(CNCC3CCNCC3)coc2c1. The van der Waals surface area contributed by atoms with Gasteiger partial charge in [0.2, 0.25) is 0 Å². The van der Waals surface area contributed by atoms with Crippen LogP contribution in [0, 0.1) is 5.92 Å². The van der Waals surface area contributed by atoms with E-state index in [1.165, 1.54) is 36.9 Å². The Morgan fingerprint density at radius 2 is 2.06 bits per heavy atom. The maximum atomic E-state index is 5.54. The minimum absolute atomic E-state index is 0.824. The molecule has 1 aromatic heterocycles. The smallest absolute Gasteiger partial charge is 0.134 e. The molecule has 18 heavy (non-hydrogen) atoms. The number of fused-ring (bicyclic) bond motifs is 1. The van der Waals surface area contributed by atoms with Crippen molar-refractivity contribution >= 4 is 11.0 Å². The third-order valence-electron chi connectivity index (χ3n) is 3.77. The lowest BCUT2D eigenvalue weighted by Crippen LogP contribution is -2.33. The normalized spacial score (nSPS) is 17.3. The molecule has 2 heterocycles. The monoisotopic (exact) mass is 244 g/mol. The van der Waals surface area contributed by atoms with Crippen LogP contribution in [-0.4, -0.2) is 19.6 Å². The molecule has 2 aromatic rings. The molecule has 0 spiro atoms. The van der Waals surface area contributed by atoms with Crippen LogP contribution in [0.5, 0.6) is 0 Å². The Hall–Kier alpha value is -1.32. The quantitative estimate of drug-likeness (QED) is 0.868. The number of rotatable bonds is 4. The second kappa shape index (κ2) is 5.55. The lowest BCUT2D eigenvalue weighted by molar-refractivity contribution is 0.356. The molecule has 3 heteroatoms. The number of piperidine rings is 1. The minimum atomic E-state index is 0.824. The molecule has 0 radical (unpaired) electrons. The summed E-state index contributed by atoms with van der Waals surface area (Å²) >= 11 is 0. The molecule has 0 saturated carbocycles. The number of nitrogens with one attached hydrogen (secondary N) is 2. The maximum Gasteiger partial charge on any atom is 0.134 e. The molecule has 0 aliphatic carbocycles. The second-order valence-corrected chi connectivity index (χ2v) is 5.08. The van der Waals surface area contributed by atoms with Crippen molar-refractivity contribution in [1.29, 1.82) is 0 Å². The molecule has 0 amide bonds. The summed E-state index contributed by atoms with van der Waals surface area (Å²) in [5.41, 5.74) is 2.25. The predicted molar refractivity (Wildman–Crippen MR) is 73.5 cm³/mol. The van der Waals surface area contributed by atoms with E-state index in [0.717, 1.165) is 24.6 Å². The standard InChI is InChI=1S/C15H20N2O/c1-2-4-15-14(3-1)13(11-18-15)10-17-9-12-5-7-16-8-6-12/h1-4,11-12,16-17H,5-10H2. The fraction of sp³-hybridized carbons (Fsp3) is 0.467. The third kappa shape index (κ3) is 2.57. The van der Waals surface area contributed by atoms with Gasteiger partial charge in [-0.15, -0.1) is 0 Å². The molecule has 1 fully saturated rings. The average molecular weight is 244 g/mol. The van der Waals surface area contributed by atoms with Crippen molar-refractivity contribution < 1.29 is 4.42 Å². The summed E-state index contributed by atoms with van der Waals surface area (Å²) in [4.78, 5) is 0. The van der Waals surface area contributed by atoms with Crippen LogP contribution in [0.2, 0.25) is 0 Å². The highest BCUT2D eigenvalue weighted by atomic mass is 16.3. The Bertz CT molecular complexity index is 500. The van der Waals surface area contributed by atoms with Gasteiger partial charge in [-0.05, 0) is 44.5 Å². The Labute approximate surface area is 108 Å². The highest BCUT2D eigenvalue weighted by Gasteiger charge is 2.12. The molecule has 2 N–H and O–H groups in total. The first kappa shape index (κ1) is 11.8. The Morgan fingerprint density at radius 3 is 2.94 bits per heavy atom. The molecule has 3 nitrogen and oxygen atoms in total. The van der Waals surface area contributed by atoms with Gasteiger partial charge in [-0.2, -0.15) is 0 Å². The van der Waals surface area contributed by atoms with Gasteiger partial charge in [0.25, 0.3) is 0 Å². The lowest BCUT2D eigenvalue weighted by atomic mass is 9.98. The zero-order chi connectivity index (χ0) is 12.2. The van der Waals surface area contributed by atoms with Crippen LogP contribution >= 0.6 is 0 Å². The first-order valence-electron chi connectivity index (χ1n) is 6.80. The number of hydrogen-bond donors (Lipinski definition) is 2.